The average Bonchev–Trinajstić information content (AvgIpc) is 2.87. The van der Waals surface area contributed by atoms with Gasteiger partial charge in [-0.1, -0.05) is 70.1 Å². The van der Waals surface area contributed by atoms with Crippen LogP contribution in [-0.4, -0.2) is 65.0 Å². The first-order valence-electron chi connectivity index (χ1n) is 13.5. The topological polar surface area (TPSA) is 76.5 Å². The molecule has 0 bridgehead atoms. The molecule has 1 aliphatic rings. The SMILES string of the molecule is CCCC(Sc1nc(C)c(Cc2ccc(C(C)(C)C)cc2)c(=O)n1C)C(=O)NCCCN1CCOCC1. The summed E-state index contributed by atoms with van der Waals surface area (Å²) < 4.78 is 7.00. The molecule has 3 rings (SSSR count). The van der Waals surface area contributed by atoms with Crippen LogP contribution in [0.3, 0.4) is 0 Å². The van der Waals surface area contributed by atoms with Gasteiger partial charge < -0.3 is 10.1 Å². The summed E-state index contributed by atoms with van der Waals surface area (Å²) in [5.74, 6) is 0.0174. The monoisotopic (exact) mass is 528 g/mol. The molecule has 0 saturated carbocycles. The molecule has 0 aliphatic carbocycles. The lowest BCUT2D eigenvalue weighted by molar-refractivity contribution is -0.120. The minimum atomic E-state index is -0.276. The van der Waals surface area contributed by atoms with E-state index in [0.29, 0.717) is 23.7 Å². The fraction of sp³-hybridized carbons (Fsp3) is 0.621. The number of aromatic nitrogens is 2. The Kier molecular flexibility index (Phi) is 10.8. The van der Waals surface area contributed by atoms with Gasteiger partial charge in [0.2, 0.25) is 5.91 Å². The number of nitrogens with one attached hydrogen (secondary N) is 1. The number of rotatable bonds is 11. The zero-order valence-corrected chi connectivity index (χ0v) is 24.2. The molecule has 2 heterocycles. The van der Waals surface area contributed by atoms with Crippen molar-refractivity contribution in [3.63, 3.8) is 0 Å². The molecule has 2 aromatic rings. The van der Waals surface area contributed by atoms with Gasteiger partial charge in [0.1, 0.15) is 0 Å². The van der Waals surface area contributed by atoms with E-state index in [1.165, 1.54) is 17.3 Å². The first-order chi connectivity index (χ1) is 17.6. The molecule has 1 amide bonds. The molecule has 1 atom stereocenters. The summed E-state index contributed by atoms with van der Waals surface area (Å²) >= 11 is 1.40. The van der Waals surface area contributed by atoms with E-state index in [-0.39, 0.29) is 22.1 Å². The molecule has 204 valence electrons. The van der Waals surface area contributed by atoms with Gasteiger partial charge >= 0.3 is 0 Å². The predicted molar refractivity (Wildman–Crippen MR) is 152 cm³/mol. The van der Waals surface area contributed by atoms with Crippen molar-refractivity contribution < 1.29 is 9.53 Å². The Balaban J connectivity index is 1.64. The number of hydrogen-bond acceptors (Lipinski definition) is 6. The lowest BCUT2D eigenvalue weighted by atomic mass is 9.86. The summed E-state index contributed by atoms with van der Waals surface area (Å²) in [4.78, 5) is 33.4. The van der Waals surface area contributed by atoms with Crippen molar-refractivity contribution in [3.8, 4) is 0 Å². The maximum Gasteiger partial charge on any atom is 0.257 e. The largest absolute Gasteiger partial charge is 0.379 e. The van der Waals surface area contributed by atoms with Crippen LogP contribution in [0.15, 0.2) is 34.2 Å². The van der Waals surface area contributed by atoms with Crippen LogP contribution in [0, 0.1) is 6.92 Å². The molecule has 1 aromatic carbocycles. The van der Waals surface area contributed by atoms with Gasteiger partial charge in [-0.05, 0) is 42.9 Å². The van der Waals surface area contributed by atoms with Gasteiger partial charge in [-0.15, -0.1) is 0 Å². The molecule has 0 radical (unpaired) electrons. The van der Waals surface area contributed by atoms with Gasteiger partial charge in [0.15, 0.2) is 5.16 Å². The molecule has 1 saturated heterocycles. The fourth-order valence-electron chi connectivity index (χ4n) is 4.45. The van der Waals surface area contributed by atoms with Crippen molar-refractivity contribution in [2.45, 2.75) is 76.1 Å². The summed E-state index contributed by atoms with van der Waals surface area (Å²) in [5.41, 5.74) is 3.84. The van der Waals surface area contributed by atoms with Gasteiger partial charge in [0, 0.05) is 44.4 Å². The van der Waals surface area contributed by atoms with Crippen molar-refractivity contribution in [3.05, 3.63) is 57.0 Å². The Hall–Kier alpha value is -2.16. The van der Waals surface area contributed by atoms with Gasteiger partial charge in [0.05, 0.1) is 18.5 Å². The first-order valence-corrected chi connectivity index (χ1v) is 14.4. The Morgan fingerprint density at radius 1 is 1.19 bits per heavy atom. The zero-order chi connectivity index (χ0) is 27.0. The Bertz CT molecular complexity index is 1090. The van der Waals surface area contributed by atoms with E-state index in [0.717, 1.165) is 63.4 Å². The number of carbonyl (C=O) groups is 1. The Morgan fingerprint density at radius 3 is 2.49 bits per heavy atom. The average molecular weight is 529 g/mol. The molecule has 1 aromatic heterocycles. The maximum atomic E-state index is 13.3. The number of nitrogens with zero attached hydrogens (tertiary/aromatic N) is 3. The van der Waals surface area contributed by atoms with E-state index in [2.05, 4.69) is 62.2 Å². The minimum Gasteiger partial charge on any atom is -0.379 e. The van der Waals surface area contributed by atoms with E-state index in [1.807, 2.05) is 6.92 Å². The first kappa shape index (κ1) is 29.4. The smallest absolute Gasteiger partial charge is 0.257 e. The van der Waals surface area contributed by atoms with Crippen molar-refractivity contribution in [2.75, 3.05) is 39.4 Å². The van der Waals surface area contributed by atoms with Crippen LogP contribution in [0.5, 0.6) is 0 Å². The Labute approximate surface area is 226 Å². The van der Waals surface area contributed by atoms with Gasteiger partial charge in [-0.3, -0.25) is 19.1 Å². The molecule has 1 unspecified atom stereocenters. The number of ether oxygens (including phenoxy) is 1. The second-order valence-electron chi connectivity index (χ2n) is 10.9. The summed E-state index contributed by atoms with van der Waals surface area (Å²) in [6.45, 7) is 15.7. The third-order valence-electron chi connectivity index (χ3n) is 6.90. The van der Waals surface area contributed by atoms with Crippen LogP contribution in [0.2, 0.25) is 0 Å². The summed E-state index contributed by atoms with van der Waals surface area (Å²) in [6, 6.07) is 8.48. The third-order valence-corrected chi connectivity index (χ3v) is 8.21. The van der Waals surface area contributed by atoms with E-state index in [4.69, 9.17) is 9.72 Å². The highest BCUT2D eigenvalue weighted by Crippen LogP contribution is 2.26. The van der Waals surface area contributed by atoms with Crippen molar-refractivity contribution >= 4 is 17.7 Å². The number of aryl methyl sites for hydroxylation is 1. The number of benzene rings is 1. The normalized spacial score (nSPS) is 15.5. The van der Waals surface area contributed by atoms with Crippen LogP contribution >= 0.6 is 11.8 Å². The number of carbonyl (C=O) groups excluding carboxylic acids is 1. The van der Waals surface area contributed by atoms with E-state index < -0.39 is 0 Å². The summed E-state index contributed by atoms with van der Waals surface area (Å²) in [5, 5.41) is 3.42. The molecule has 1 fully saturated rings. The van der Waals surface area contributed by atoms with Gasteiger partial charge in [0.25, 0.3) is 5.56 Å². The molecular formula is C29H44N4O3S. The van der Waals surface area contributed by atoms with Crippen LogP contribution in [0.1, 0.15) is 69.3 Å². The fourth-order valence-corrected chi connectivity index (χ4v) is 5.68. The summed E-state index contributed by atoms with van der Waals surface area (Å²) in [7, 11) is 1.76. The van der Waals surface area contributed by atoms with E-state index in [9.17, 15) is 9.59 Å². The molecule has 7 nitrogen and oxygen atoms in total. The lowest BCUT2D eigenvalue weighted by Gasteiger charge is -2.26. The number of amides is 1. The second kappa shape index (κ2) is 13.6. The van der Waals surface area contributed by atoms with Crippen LogP contribution in [0.4, 0.5) is 0 Å². The maximum absolute atomic E-state index is 13.3. The standard InChI is InChI=1S/C29H44N4O3S/c1-7-9-25(26(34)30-14-8-15-33-16-18-36-19-17-33)37-28-31-21(2)24(27(35)32(28)6)20-22-10-12-23(13-11-22)29(3,4)5/h10-13,25H,7-9,14-20H2,1-6H3,(H,30,34). The number of hydrogen-bond donors (Lipinski definition) is 1. The molecule has 8 heteroatoms. The van der Waals surface area contributed by atoms with Gasteiger partial charge in [-0.25, -0.2) is 4.98 Å². The van der Waals surface area contributed by atoms with E-state index >= 15 is 0 Å². The number of morpholine rings is 1. The second-order valence-corrected chi connectivity index (χ2v) is 12.1. The van der Waals surface area contributed by atoms with E-state index in [1.54, 1.807) is 11.6 Å². The van der Waals surface area contributed by atoms with Gasteiger partial charge in [-0.2, -0.15) is 0 Å². The van der Waals surface area contributed by atoms with Crippen molar-refractivity contribution in [1.29, 1.82) is 0 Å². The molecule has 1 N–H and O–H groups in total. The summed E-state index contributed by atoms with van der Waals surface area (Å²) in [6.07, 6.45) is 3.07. The molecule has 37 heavy (non-hydrogen) atoms. The highest BCUT2D eigenvalue weighted by Gasteiger charge is 2.23. The Morgan fingerprint density at radius 2 is 1.86 bits per heavy atom. The van der Waals surface area contributed by atoms with Crippen LogP contribution in [-0.2, 0) is 28.4 Å². The highest BCUT2D eigenvalue weighted by atomic mass is 32.2. The quantitative estimate of drug-likeness (QED) is 0.269. The van der Waals surface area contributed by atoms with Crippen LogP contribution in [0.25, 0.3) is 0 Å². The molecule has 0 spiro atoms. The molecular weight excluding hydrogens is 484 g/mol. The van der Waals surface area contributed by atoms with Crippen LogP contribution < -0.4 is 10.9 Å². The third kappa shape index (κ3) is 8.42. The zero-order valence-electron chi connectivity index (χ0n) is 23.4. The van der Waals surface area contributed by atoms with Crippen molar-refractivity contribution in [2.24, 2.45) is 7.05 Å². The lowest BCUT2D eigenvalue weighted by Crippen LogP contribution is -2.39. The highest BCUT2D eigenvalue weighted by molar-refractivity contribution is 8.00. The molecule has 1 aliphatic heterocycles. The predicted octanol–water partition coefficient (Wildman–Crippen LogP) is 4.08. The minimum absolute atomic E-state index is 0.0174. The van der Waals surface area contributed by atoms with Crippen molar-refractivity contribution in [1.82, 2.24) is 19.8 Å². The number of thioether (sulfide) groups is 1.